The molecule has 1 fully saturated rings. The number of aliphatic hydroxyl groups is 1. The van der Waals surface area contributed by atoms with E-state index in [4.69, 9.17) is 11.6 Å². The number of nitrogens with one attached hydrogen (secondary N) is 1. The number of allylic oxidation sites excluding steroid dienone is 2. The zero-order valence-corrected chi connectivity index (χ0v) is 12.4. The maximum atomic E-state index is 11.9. The van der Waals surface area contributed by atoms with Gasteiger partial charge in [-0.15, -0.1) is 28.3 Å². The summed E-state index contributed by atoms with van der Waals surface area (Å²) in [7, 11) is 0. The highest BCUT2D eigenvalue weighted by Crippen LogP contribution is 2.36. The number of hydrogen-bond donors (Lipinski definition) is 2. The number of amides is 2. The van der Waals surface area contributed by atoms with Gasteiger partial charge in [-0.25, -0.2) is 0 Å². The number of β-lactam (4-membered cyclic amide) rings is 1. The molecule has 2 amide bonds. The highest BCUT2D eigenvalue weighted by atomic mass is 35.5. The van der Waals surface area contributed by atoms with E-state index in [1.807, 2.05) is 0 Å². The zero-order valence-electron chi connectivity index (χ0n) is 10.8. The number of carbonyl (C=O) groups is 2. The summed E-state index contributed by atoms with van der Waals surface area (Å²) >= 11 is 6.81. The molecule has 112 valence electrons. The summed E-state index contributed by atoms with van der Waals surface area (Å²) in [5, 5.41) is 13.9. The number of nitroso groups, excluding NO2 is 1. The molecule has 2 unspecified atom stereocenters. The minimum absolute atomic E-state index is 0.240. The highest BCUT2D eigenvalue weighted by molar-refractivity contribution is 8.00. The molecule has 2 heterocycles. The van der Waals surface area contributed by atoms with E-state index in [0.29, 0.717) is 5.75 Å². The fraction of sp³-hybridized carbons (Fsp3) is 0.333. The van der Waals surface area contributed by atoms with Crippen molar-refractivity contribution in [2.75, 3.05) is 11.6 Å². The van der Waals surface area contributed by atoms with Crippen molar-refractivity contribution in [3.63, 3.8) is 0 Å². The first-order valence-corrected chi connectivity index (χ1v) is 7.51. The molecule has 2 atom stereocenters. The summed E-state index contributed by atoms with van der Waals surface area (Å²) in [6, 6.07) is -0.759. The molecule has 1 saturated heterocycles. The van der Waals surface area contributed by atoms with E-state index >= 15 is 0 Å². The van der Waals surface area contributed by atoms with Crippen molar-refractivity contribution in [2.45, 2.75) is 11.4 Å². The van der Waals surface area contributed by atoms with Crippen LogP contribution < -0.4 is 5.32 Å². The SMILES string of the molecule is C=CC1=CN2C(=O)C(NC(=O)C(N=O)=C(O)CCl)C2SC1. The van der Waals surface area contributed by atoms with Crippen LogP contribution in [0.5, 0.6) is 0 Å². The van der Waals surface area contributed by atoms with E-state index in [1.165, 1.54) is 16.7 Å². The number of alkyl halides is 1. The van der Waals surface area contributed by atoms with Gasteiger partial charge in [-0.05, 0) is 10.7 Å². The number of rotatable bonds is 5. The molecule has 9 heteroatoms. The average Bonchev–Trinajstić information content (AvgIpc) is 2.52. The molecule has 0 radical (unpaired) electrons. The van der Waals surface area contributed by atoms with E-state index in [0.717, 1.165) is 5.57 Å². The molecule has 2 rings (SSSR count). The van der Waals surface area contributed by atoms with Crippen LogP contribution in [0.15, 0.2) is 41.1 Å². The molecule has 0 aromatic rings. The highest BCUT2D eigenvalue weighted by Gasteiger charge is 2.49. The molecule has 0 aromatic heterocycles. The first-order valence-electron chi connectivity index (χ1n) is 5.92. The average molecular weight is 330 g/mol. The van der Waals surface area contributed by atoms with Crippen LogP contribution in [0.1, 0.15) is 0 Å². The van der Waals surface area contributed by atoms with Gasteiger partial charge in [0.15, 0.2) is 0 Å². The van der Waals surface area contributed by atoms with Gasteiger partial charge in [0.05, 0.1) is 5.88 Å². The molecule has 0 bridgehead atoms. The number of halogens is 1. The van der Waals surface area contributed by atoms with Gasteiger partial charge < -0.3 is 15.3 Å². The van der Waals surface area contributed by atoms with Gasteiger partial charge in [0.25, 0.3) is 11.8 Å². The number of thioether (sulfide) groups is 1. The lowest BCUT2D eigenvalue weighted by Crippen LogP contribution is -2.68. The van der Waals surface area contributed by atoms with Crippen LogP contribution in [-0.4, -0.2) is 44.9 Å². The molecule has 21 heavy (non-hydrogen) atoms. The van der Waals surface area contributed by atoms with Crippen LogP contribution in [-0.2, 0) is 9.59 Å². The van der Waals surface area contributed by atoms with E-state index in [1.54, 1.807) is 12.3 Å². The van der Waals surface area contributed by atoms with Crippen LogP contribution in [0, 0.1) is 4.91 Å². The second-order valence-corrected chi connectivity index (χ2v) is 5.70. The van der Waals surface area contributed by atoms with Gasteiger partial charge in [0, 0.05) is 12.0 Å². The smallest absolute Gasteiger partial charge is 0.277 e. The fourth-order valence-corrected chi connectivity index (χ4v) is 3.32. The summed E-state index contributed by atoms with van der Waals surface area (Å²) in [4.78, 5) is 35.8. The van der Waals surface area contributed by atoms with Gasteiger partial charge in [-0.1, -0.05) is 12.7 Å². The fourth-order valence-electron chi connectivity index (χ4n) is 1.94. The predicted molar refractivity (Wildman–Crippen MR) is 79.5 cm³/mol. The Morgan fingerprint density at radius 2 is 2.43 bits per heavy atom. The van der Waals surface area contributed by atoms with Crippen LogP contribution >= 0.6 is 23.4 Å². The maximum absolute atomic E-state index is 11.9. The first kappa shape index (κ1) is 15.6. The molecule has 0 aliphatic carbocycles. The number of aliphatic hydroxyl groups excluding tert-OH is 1. The van der Waals surface area contributed by atoms with Crippen molar-refractivity contribution in [1.29, 1.82) is 0 Å². The standard InChI is InChI=1S/C12H12ClN3O4S/c1-2-6-4-16-11(19)9(12(16)21-5-6)14-10(18)8(15-20)7(17)3-13/h2,4,9,12,17H,1,3,5H2,(H,14,18). The van der Waals surface area contributed by atoms with Crippen molar-refractivity contribution < 1.29 is 14.7 Å². The van der Waals surface area contributed by atoms with E-state index < -0.39 is 29.3 Å². The predicted octanol–water partition coefficient (Wildman–Crippen LogP) is 1.23. The van der Waals surface area contributed by atoms with Crippen molar-refractivity contribution >= 4 is 35.2 Å². The molecule has 0 aromatic carbocycles. The number of carbonyl (C=O) groups excluding carboxylic acids is 2. The van der Waals surface area contributed by atoms with Gasteiger partial charge in [0.2, 0.25) is 5.70 Å². The lowest BCUT2D eigenvalue weighted by Gasteiger charge is -2.47. The molecule has 0 spiro atoms. The van der Waals surface area contributed by atoms with Crippen molar-refractivity contribution in [1.82, 2.24) is 10.2 Å². The first-order chi connectivity index (χ1) is 10.0. The van der Waals surface area contributed by atoms with Crippen molar-refractivity contribution in [3.8, 4) is 0 Å². The molecule has 2 N–H and O–H groups in total. The second kappa shape index (κ2) is 6.31. The van der Waals surface area contributed by atoms with Crippen LogP contribution in [0.4, 0.5) is 0 Å². The topological polar surface area (TPSA) is 99.1 Å². The molecular formula is C12H12ClN3O4S. The van der Waals surface area contributed by atoms with Crippen LogP contribution in [0.3, 0.4) is 0 Å². The van der Waals surface area contributed by atoms with Crippen molar-refractivity contribution in [2.24, 2.45) is 5.18 Å². The Kier molecular flexibility index (Phi) is 4.69. The normalized spacial score (nSPS) is 25.1. The van der Waals surface area contributed by atoms with E-state index in [-0.39, 0.29) is 11.3 Å². The lowest BCUT2D eigenvalue weighted by molar-refractivity contribution is -0.144. The number of hydrogen-bond acceptors (Lipinski definition) is 6. The minimum atomic E-state index is -0.916. The van der Waals surface area contributed by atoms with Crippen LogP contribution in [0.2, 0.25) is 0 Å². The third-order valence-electron chi connectivity index (χ3n) is 3.06. The Morgan fingerprint density at radius 3 is 3.00 bits per heavy atom. The van der Waals surface area contributed by atoms with Gasteiger partial charge in [-0.3, -0.25) is 9.59 Å². The monoisotopic (exact) mass is 329 g/mol. The molecule has 2 aliphatic heterocycles. The molecular weight excluding hydrogens is 318 g/mol. The lowest BCUT2D eigenvalue weighted by atomic mass is 10.1. The van der Waals surface area contributed by atoms with E-state index in [9.17, 15) is 19.6 Å². The number of nitrogens with zero attached hydrogens (tertiary/aromatic N) is 2. The van der Waals surface area contributed by atoms with Gasteiger partial charge >= 0.3 is 0 Å². The Balaban J connectivity index is 2.08. The van der Waals surface area contributed by atoms with E-state index in [2.05, 4.69) is 17.1 Å². The van der Waals surface area contributed by atoms with Gasteiger partial charge in [0.1, 0.15) is 17.2 Å². The summed E-state index contributed by atoms with van der Waals surface area (Å²) in [6.45, 7) is 3.64. The molecule has 7 nitrogen and oxygen atoms in total. The Hall–Kier alpha value is -1.80. The Morgan fingerprint density at radius 1 is 1.71 bits per heavy atom. The summed E-state index contributed by atoms with van der Waals surface area (Å²) in [6.07, 6.45) is 3.35. The quantitative estimate of drug-likeness (QED) is 0.260. The third kappa shape index (κ3) is 2.81. The maximum Gasteiger partial charge on any atom is 0.277 e. The minimum Gasteiger partial charge on any atom is -0.508 e. The molecule has 0 saturated carbocycles. The Labute approximate surface area is 129 Å². The summed E-state index contributed by atoms with van der Waals surface area (Å²) < 4.78 is 0. The molecule has 2 aliphatic rings. The largest absolute Gasteiger partial charge is 0.508 e. The van der Waals surface area contributed by atoms with Crippen LogP contribution in [0.25, 0.3) is 0 Å². The number of fused-ring (bicyclic) bond motifs is 1. The zero-order chi connectivity index (χ0) is 15.6. The second-order valence-electron chi connectivity index (χ2n) is 4.33. The van der Waals surface area contributed by atoms with Gasteiger partial charge in [-0.2, -0.15) is 0 Å². The Bertz CT molecular complexity index is 575. The summed E-state index contributed by atoms with van der Waals surface area (Å²) in [5.41, 5.74) is 0.212. The summed E-state index contributed by atoms with van der Waals surface area (Å²) in [5.74, 6) is -1.58. The van der Waals surface area contributed by atoms with Crippen molar-refractivity contribution in [3.05, 3.63) is 40.8 Å². The third-order valence-corrected chi connectivity index (χ3v) is 4.65.